The summed E-state index contributed by atoms with van der Waals surface area (Å²) in [6.45, 7) is 4.70. The molecule has 144 valence electrons. The van der Waals surface area contributed by atoms with Crippen molar-refractivity contribution in [3.8, 4) is 0 Å². The van der Waals surface area contributed by atoms with Crippen LogP contribution in [0.15, 0.2) is 48.5 Å². The highest BCUT2D eigenvalue weighted by Crippen LogP contribution is 2.23. The van der Waals surface area contributed by atoms with Gasteiger partial charge in [-0.2, -0.15) is 0 Å². The standard InChI is InChI=1S/C20H27N3O.2ClH/c1-14-10-11-16(13-23(3)4)12-18(14)22-20(24)15(2)19(21)17-8-6-5-7-9-17;;/h5-12,15,19H,13,21H2,1-4H3,(H,22,24);2*1H. The van der Waals surface area contributed by atoms with Crippen LogP contribution in [0.25, 0.3) is 0 Å². The Morgan fingerprint density at radius 3 is 2.31 bits per heavy atom. The molecule has 0 bridgehead atoms. The van der Waals surface area contributed by atoms with E-state index in [-0.39, 0.29) is 42.7 Å². The number of benzene rings is 2. The molecule has 3 N–H and O–H groups in total. The van der Waals surface area contributed by atoms with Gasteiger partial charge in [0.2, 0.25) is 5.91 Å². The molecule has 0 fully saturated rings. The first-order chi connectivity index (χ1) is 11.4. The third-order valence-corrected chi connectivity index (χ3v) is 4.20. The van der Waals surface area contributed by atoms with Gasteiger partial charge in [-0.25, -0.2) is 0 Å². The van der Waals surface area contributed by atoms with Crippen LogP contribution in [0.1, 0.15) is 29.7 Å². The Balaban J connectivity index is 0.00000312. The maximum Gasteiger partial charge on any atom is 0.229 e. The summed E-state index contributed by atoms with van der Waals surface area (Å²) in [6, 6.07) is 15.6. The Hall–Kier alpha value is -1.59. The van der Waals surface area contributed by atoms with Gasteiger partial charge in [0.15, 0.2) is 0 Å². The molecule has 0 aliphatic carbocycles. The van der Waals surface area contributed by atoms with Gasteiger partial charge in [-0.1, -0.05) is 49.4 Å². The molecule has 2 unspecified atom stereocenters. The molecule has 0 heterocycles. The molecule has 0 spiro atoms. The molecule has 0 saturated carbocycles. The minimum atomic E-state index is -0.323. The number of anilines is 1. The predicted octanol–water partition coefficient (Wildman–Crippen LogP) is 4.17. The molecule has 2 rings (SSSR count). The van der Waals surface area contributed by atoms with Gasteiger partial charge in [0.1, 0.15) is 0 Å². The van der Waals surface area contributed by atoms with E-state index in [1.807, 2.05) is 70.4 Å². The second-order valence-corrected chi connectivity index (χ2v) is 6.60. The number of aryl methyl sites for hydroxylation is 1. The van der Waals surface area contributed by atoms with E-state index >= 15 is 0 Å². The van der Waals surface area contributed by atoms with Gasteiger partial charge in [-0.15, -0.1) is 24.8 Å². The van der Waals surface area contributed by atoms with Crippen LogP contribution in [0.4, 0.5) is 5.69 Å². The number of carbonyl (C=O) groups is 1. The normalized spacial score (nSPS) is 12.5. The number of hydrogen-bond donors (Lipinski definition) is 2. The molecule has 2 atom stereocenters. The average molecular weight is 398 g/mol. The zero-order valence-electron chi connectivity index (χ0n) is 15.7. The van der Waals surface area contributed by atoms with Crippen LogP contribution in [-0.2, 0) is 11.3 Å². The Bertz CT molecular complexity index is 693. The fourth-order valence-electron chi connectivity index (χ4n) is 2.64. The maximum absolute atomic E-state index is 12.6. The van der Waals surface area contributed by atoms with Crippen molar-refractivity contribution in [2.75, 3.05) is 19.4 Å². The van der Waals surface area contributed by atoms with Gasteiger partial charge in [-0.3, -0.25) is 4.79 Å². The van der Waals surface area contributed by atoms with Crippen LogP contribution in [0.2, 0.25) is 0 Å². The number of nitrogens with two attached hydrogens (primary N) is 1. The fraction of sp³-hybridized carbons (Fsp3) is 0.350. The number of hydrogen-bond acceptors (Lipinski definition) is 3. The molecule has 0 saturated heterocycles. The molecular weight excluding hydrogens is 369 g/mol. The molecule has 0 aliphatic heterocycles. The summed E-state index contributed by atoms with van der Waals surface area (Å²) in [5.41, 5.74) is 10.3. The summed E-state index contributed by atoms with van der Waals surface area (Å²) in [7, 11) is 4.05. The van der Waals surface area contributed by atoms with Crippen LogP contribution in [-0.4, -0.2) is 24.9 Å². The highest BCUT2D eigenvalue weighted by molar-refractivity contribution is 5.93. The van der Waals surface area contributed by atoms with E-state index in [1.54, 1.807) is 0 Å². The van der Waals surface area contributed by atoms with Crippen LogP contribution in [0.3, 0.4) is 0 Å². The number of nitrogens with zero attached hydrogens (tertiary/aromatic N) is 1. The Morgan fingerprint density at radius 1 is 1.12 bits per heavy atom. The molecule has 4 nitrogen and oxygen atoms in total. The van der Waals surface area contributed by atoms with Crippen molar-refractivity contribution < 1.29 is 4.79 Å². The van der Waals surface area contributed by atoms with Crippen LogP contribution in [0, 0.1) is 12.8 Å². The van der Waals surface area contributed by atoms with E-state index in [2.05, 4.69) is 16.3 Å². The van der Waals surface area contributed by atoms with E-state index in [0.29, 0.717) is 0 Å². The SMILES string of the molecule is Cc1ccc(CN(C)C)cc1NC(=O)C(C)C(N)c1ccccc1.Cl.Cl. The Labute approximate surface area is 169 Å². The highest BCUT2D eigenvalue weighted by atomic mass is 35.5. The van der Waals surface area contributed by atoms with Crippen molar-refractivity contribution in [2.45, 2.75) is 26.4 Å². The third kappa shape index (κ3) is 6.61. The van der Waals surface area contributed by atoms with Gasteiger partial charge in [0.05, 0.1) is 5.92 Å². The topological polar surface area (TPSA) is 58.4 Å². The Kier molecular flexibility index (Phi) is 10.5. The van der Waals surface area contributed by atoms with Crippen LogP contribution < -0.4 is 11.1 Å². The van der Waals surface area contributed by atoms with E-state index < -0.39 is 0 Å². The molecule has 0 radical (unpaired) electrons. The van der Waals surface area contributed by atoms with Crippen molar-refractivity contribution >= 4 is 36.4 Å². The first-order valence-electron chi connectivity index (χ1n) is 8.24. The second kappa shape index (κ2) is 11.2. The lowest BCUT2D eigenvalue weighted by atomic mass is 9.94. The van der Waals surface area contributed by atoms with Crippen molar-refractivity contribution in [3.63, 3.8) is 0 Å². The molecule has 6 heteroatoms. The first-order valence-corrected chi connectivity index (χ1v) is 8.24. The number of nitrogens with one attached hydrogen (secondary N) is 1. The van der Waals surface area contributed by atoms with Gasteiger partial charge in [0, 0.05) is 18.3 Å². The smallest absolute Gasteiger partial charge is 0.229 e. The summed E-state index contributed by atoms with van der Waals surface area (Å²) < 4.78 is 0. The lowest BCUT2D eigenvalue weighted by Crippen LogP contribution is -2.30. The molecule has 2 aromatic rings. The molecule has 0 aromatic heterocycles. The monoisotopic (exact) mass is 397 g/mol. The maximum atomic E-state index is 12.6. The van der Waals surface area contributed by atoms with Crippen LogP contribution in [0.5, 0.6) is 0 Å². The van der Waals surface area contributed by atoms with Crippen molar-refractivity contribution in [3.05, 3.63) is 65.2 Å². The van der Waals surface area contributed by atoms with E-state index in [0.717, 1.165) is 23.4 Å². The largest absolute Gasteiger partial charge is 0.326 e. The number of halogens is 2. The quantitative estimate of drug-likeness (QED) is 0.768. The minimum absolute atomic E-state index is 0. The van der Waals surface area contributed by atoms with Crippen molar-refractivity contribution in [1.82, 2.24) is 4.90 Å². The first kappa shape index (κ1) is 24.4. The summed E-state index contributed by atoms with van der Waals surface area (Å²) in [5.74, 6) is -0.374. The minimum Gasteiger partial charge on any atom is -0.326 e. The average Bonchev–Trinajstić information content (AvgIpc) is 2.56. The van der Waals surface area contributed by atoms with E-state index in [4.69, 9.17) is 5.73 Å². The van der Waals surface area contributed by atoms with Gasteiger partial charge in [-0.05, 0) is 43.8 Å². The predicted molar refractivity (Wildman–Crippen MR) is 114 cm³/mol. The number of carbonyl (C=O) groups excluding carboxylic acids is 1. The third-order valence-electron chi connectivity index (χ3n) is 4.20. The summed E-state index contributed by atoms with van der Waals surface area (Å²) in [6.07, 6.45) is 0. The van der Waals surface area contributed by atoms with Crippen molar-refractivity contribution in [2.24, 2.45) is 11.7 Å². The molecular formula is C20H29Cl2N3O. The Morgan fingerprint density at radius 2 is 1.73 bits per heavy atom. The number of rotatable bonds is 6. The second-order valence-electron chi connectivity index (χ2n) is 6.60. The van der Waals surface area contributed by atoms with E-state index in [9.17, 15) is 4.79 Å². The summed E-state index contributed by atoms with van der Waals surface area (Å²) in [5, 5.41) is 3.04. The van der Waals surface area contributed by atoms with Crippen molar-refractivity contribution in [1.29, 1.82) is 0 Å². The van der Waals surface area contributed by atoms with Gasteiger partial charge in [0.25, 0.3) is 0 Å². The van der Waals surface area contributed by atoms with E-state index in [1.165, 1.54) is 5.56 Å². The molecule has 0 aliphatic rings. The van der Waals surface area contributed by atoms with Gasteiger partial charge < -0.3 is 16.0 Å². The summed E-state index contributed by atoms with van der Waals surface area (Å²) >= 11 is 0. The lowest BCUT2D eigenvalue weighted by Gasteiger charge is -2.21. The summed E-state index contributed by atoms with van der Waals surface area (Å²) in [4.78, 5) is 14.7. The lowest BCUT2D eigenvalue weighted by molar-refractivity contribution is -0.120. The number of amides is 1. The molecule has 1 amide bonds. The molecule has 26 heavy (non-hydrogen) atoms. The van der Waals surface area contributed by atoms with Crippen LogP contribution >= 0.6 is 24.8 Å². The fourth-order valence-corrected chi connectivity index (χ4v) is 2.64. The molecule has 2 aromatic carbocycles. The zero-order valence-corrected chi connectivity index (χ0v) is 17.4. The van der Waals surface area contributed by atoms with Gasteiger partial charge >= 0.3 is 0 Å². The highest BCUT2D eigenvalue weighted by Gasteiger charge is 2.22. The zero-order chi connectivity index (χ0) is 17.7.